The fraction of sp³-hybridized carbons (Fsp3) is 0.800. The van der Waals surface area contributed by atoms with E-state index in [0.29, 0.717) is 6.61 Å². The molecule has 0 aliphatic rings. The first-order valence-electron chi connectivity index (χ1n) is 7.23. The number of rotatable bonds is 11. The molecule has 106 valence electrons. The highest BCUT2D eigenvalue weighted by Gasteiger charge is 2.01. The fourth-order valence-electron chi connectivity index (χ4n) is 1.79. The van der Waals surface area contributed by atoms with Gasteiger partial charge in [-0.25, -0.2) is 4.79 Å². The van der Waals surface area contributed by atoms with Crippen molar-refractivity contribution in [3.05, 3.63) is 12.2 Å². The molecule has 0 fully saturated rings. The Hall–Kier alpha value is -0.830. The van der Waals surface area contributed by atoms with Gasteiger partial charge in [-0.2, -0.15) is 0 Å². The second-order valence-electron chi connectivity index (χ2n) is 4.59. The molecular formula is C15H28O3. The Morgan fingerprint density at radius 3 is 2.33 bits per heavy atom. The van der Waals surface area contributed by atoms with Crippen molar-refractivity contribution < 1.29 is 14.6 Å². The number of esters is 1. The summed E-state index contributed by atoms with van der Waals surface area (Å²) >= 11 is 0. The van der Waals surface area contributed by atoms with Crippen LogP contribution in [0.5, 0.6) is 0 Å². The molecule has 0 spiro atoms. The van der Waals surface area contributed by atoms with Gasteiger partial charge in [-0.15, -0.1) is 0 Å². The van der Waals surface area contributed by atoms with Crippen LogP contribution in [0.1, 0.15) is 65.2 Å². The van der Waals surface area contributed by atoms with Crippen LogP contribution in [-0.4, -0.2) is 23.8 Å². The Morgan fingerprint density at radius 2 is 1.72 bits per heavy atom. The molecule has 0 rings (SSSR count). The van der Waals surface area contributed by atoms with Gasteiger partial charge in [0, 0.05) is 6.08 Å². The first-order chi connectivity index (χ1) is 8.70. The second-order valence-corrected chi connectivity index (χ2v) is 4.59. The van der Waals surface area contributed by atoms with Gasteiger partial charge in [0.05, 0.1) is 12.7 Å². The number of carbonyl (C=O) groups excluding carboxylic acids is 1. The van der Waals surface area contributed by atoms with Gasteiger partial charge >= 0.3 is 5.97 Å². The zero-order valence-corrected chi connectivity index (χ0v) is 11.9. The van der Waals surface area contributed by atoms with Gasteiger partial charge in [-0.05, 0) is 19.4 Å². The van der Waals surface area contributed by atoms with Gasteiger partial charge in [0.1, 0.15) is 0 Å². The first kappa shape index (κ1) is 17.2. The maximum atomic E-state index is 11.0. The molecule has 0 aromatic heterocycles. The SMILES string of the molecule is CCCCCCCCCC(O)/C=C/C(=O)OCC. The minimum absolute atomic E-state index is 0.372. The molecular weight excluding hydrogens is 228 g/mol. The van der Waals surface area contributed by atoms with Crippen LogP contribution in [0.2, 0.25) is 0 Å². The molecule has 0 aliphatic carbocycles. The smallest absolute Gasteiger partial charge is 0.330 e. The van der Waals surface area contributed by atoms with E-state index in [0.717, 1.165) is 19.3 Å². The molecule has 0 aromatic rings. The Kier molecular flexibility index (Phi) is 12.0. The highest BCUT2D eigenvalue weighted by molar-refractivity contribution is 5.81. The van der Waals surface area contributed by atoms with Gasteiger partial charge < -0.3 is 9.84 Å². The summed E-state index contributed by atoms with van der Waals surface area (Å²) in [5.74, 6) is -0.379. The predicted molar refractivity (Wildman–Crippen MR) is 74.4 cm³/mol. The third kappa shape index (κ3) is 11.6. The third-order valence-corrected chi connectivity index (χ3v) is 2.84. The van der Waals surface area contributed by atoms with Crippen molar-refractivity contribution in [2.24, 2.45) is 0 Å². The number of carbonyl (C=O) groups is 1. The summed E-state index contributed by atoms with van der Waals surface area (Å²) in [6, 6.07) is 0. The Balaban J connectivity index is 3.41. The minimum atomic E-state index is -0.523. The number of aliphatic hydroxyl groups excluding tert-OH is 1. The average Bonchev–Trinajstić information content (AvgIpc) is 2.35. The molecule has 0 aromatic carbocycles. The molecule has 0 saturated carbocycles. The van der Waals surface area contributed by atoms with Gasteiger partial charge in [0.25, 0.3) is 0 Å². The van der Waals surface area contributed by atoms with Crippen LogP contribution < -0.4 is 0 Å². The lowest BCUT2D eigenvalue weighted by Crippen LogP contribution is -2.05. The van der Waals surface area contributed by atoms with Gasteiger partial charge in [0.2, 0.25) is 0 Å². The zero-order chi connectivity index (χ0) is 13.6. The monoisotopic (exact) mass is 256 g/mol. The molecule has 1 unspecified atom stereocenters. The van der Waals surface area contributed by atoms with E-state index in [1.807, 2.05) is 0 Å². The van der Waals surface area contributed by atoms with Gasteiger partial charge in [0.15, 0.2) is 0 Å². The topological polar surface area (TPSA) is 46.5 Å². The largest absolute Gasteiger partial charge is 0.463 e. The number of aliphatic hydroxyl groups is 1. The van der Waals surface area contributed by atoms with E-state index < -0.39 is 6.10 Å². The van der Waals surface area contributed by atoms with E-state index in [1.54, 1.807) is 6.92 Å². The van der Waals surface area contributed by atoms with Crippen LogP contribution in [0.3, 0.4) is 0 Å². The van der Waals surface area contributed by atoms with Crippen molar-refractivity contribution in [2.45, 2.75) is 71.3 Å². The second kappa shape index (κ2) is 12.6. The van der Waals surface area contributed by atoms with Crippen LogP contribution in [0.15, 0.2) is 12.2 Å². The van der Waals surface area contributed by atoms with Crippen LogP contribution >= 0.6 is 0 Å². The summed E-state index contributed by atoms with van der Waals surface area (Å²) in [6.45, 7) is 4.35. The minimum Gasteiger partial charge on any atom is -0.463 e. The predicted octanol–water partition coefficient (Wildman–Crippen LogP) is 3.61. The van der Waals surface area contributed by atoms with E-state index in [4.69, 9.17) is 4.74 Å². The molecule has 18 heavy (non-hydrogen) atoms. The molecule has 0 aliphatic heterocycles. The molecule has 0 saturated heterocycles. The van der Waals surface area contributed by atoms with Crippen LogP contribution in [-0.2, 0) is 9.53 Å². The number of ether oxygens (including phenoxy) is 1. The van der Waals surface area contributed by atoms with Crippen molar-refractivity contribution in [2.75, 3.05) is 6.61 Å². The quantitative estimate of drug-likeness (QED) is 0.349. The molecule has 0 amide bonds. The summed E-state index contributed by atoms with van der Waals surface area (Å²) in [7, 11) is 0. The van der Waals surface area contributed by atoms with E-state index in [9.17, 15) is 9.90 Å². The van der Waals surface area contributed by atoms with Gasteiger partial charge in [-0.3, -0.25) is 0 Å². The van der Waals surface area contributed by atoms with Crippen LogP contribution in [0.4, 0.5) is 0 Å². The summed E-state index contributed by atoms with van der Waals surface area (Å²) in [4.78, 5) is 11.0. The number of hydrogen-bond donors (Lipinski definition) is 1. The summed E-state index contributed by atoms with van der Waals surface area (Å²) in [5, 5.41) is 9.61. The van der Waals surface area contributed by atoms with Crippen molar-refractivity contribution in [3.8, 4) is 0 Å². The zero-order valence-electron chi connectivity index (χ0n) is 11.9. The Labute approximate surface area is 111 Å². The first-order valence-corrected chi connectivity index (χ1v) is 7.23. The summed E-state index contributed by atoms with van der Waals surface area (Å²) < 4.78 is 4.74. The number of unbranched alkanes of at least 4 members (excludes halogenated alkanes) is 6. The highest BCUT2D eigenvalue weighted by atomic mass is 16.5. The molecule has 0 heterocycles. The molecule has 1 atom stereocenters. The van der Waals surface area contributed by atoms with E-state index in [2.05, 4.69) is 6.92 Å². The maximum Gasteiger partial charge on any atom is 0.330 e. The average molecular weight is 256 g/mol. The van der Waals surface area contributed by atoms with Crippen LogP contribution in [0.25, 0.3) is 0 Å². The lowest BCUT2D eigenvalue weighted by atomic mass is 10.1. The molecule has 3 nitrogen and oxygen atoms in total. The molecule has 3 heteroatoms. The number of hydrogen-bond acceptors (Lipinski definition) is 3. The van der Waals surface area contributed by atoms with Crippen molar-refractivity contribution in [3.63, 3.8) is 0 Å². The van der Waals surface area contributed by atoms with E-state index in [1.165, 1.54) is 44.3 Å². The standard InChI is InChI=1S/C15H28O3/c1-3-5-6-7-8-9-10-11-14(16)12-13-15(17)18-4-2/h12-14,16H,3-11H2,1-2H3/b13-12+. The fourth-order valence-corrected chi connectivity index (χ4v) is 1.79. The summed E-state index contributed by atoms with van der Waals surface area (Å²) in [6.07, 6.45) is 11.7. The molecule has 0 bridgehead atoms. The maximum absolute atomic E-state index is 11.0. The van der Waals surface area contributed by atoms with Crippen molar-refractivity contribution >= 4 is 5.97 Å². The normalized spacial score (nSPS) is 12.8. The van der Waals surface area contributed by atoms with Crippen molar-refractivity contribution in [1.29, 1.82) is 0 Å². The van der Waals surface area contributed by atoms with Gasteiger partial charge in [-0.1, -0.05) is 51.9 Å². The van der Waals surface area contributed by atoms with E-state index >= 15 is 0 Å². The molecule has 1 N–H and O–H groups in total. The Bertz CT molecular complexity index is 224. The lowest BCUT2D eigenvalue weighted by Gasteiger charge is -2.05. The van der Waals surface area contributed by atoms with E-state index in [-0.39, 0.29) is 5.97 Å². The summed E-state index contributed by atoms with van der Waals surface area (Å²) in [5.41, 5.74) is 0. The molecule has 0 radical (unpaired) electrons. The highest BCUT2D eigenvalue weighted by Crippen LogP contribution is 2.10. The van der Waals surface area contributed by atoms with Crippen LogP contribution in [0, 0.1) is 0 Å². The third-order valence-electron chi connectivity index (χ3n) is 2.84. The lowest BCUT2D eigenvalue weighted by molar-refractivity contribution is -0.137. The Morgan fingerprint density at radius 1 is 1.11 bits per heavy atom. The van der Waals surface area contributed by atoms with Crippen molar-refractivity contribution in [1.82, 2.24) is 0 Å².